The Morgan fingerprint density at radius 2 is 1.96 bits per heavy atom. The highest BCUT2D eigenvalue weighted by Gasteiger charge is 2.23. The fourth-order valence-electron chi connectivity index (χ4n) is 2.69. The van der Waals surface area contributed by atoms with E-state index in [0.29, 0.717) is 6.54 Å². The lowest BCUT2D eigenvalue weighted by Gasteiger charge is -2.27. The highest BCUT2D eigenvalue weighted by molar-refractivity contribution is 5.82. The van der Waals surface area contributed by atoms with Gasteiger partial charge in [-0.1, -0.05) is 12.1 Å². The zero-order valence-electron chi connectivity index (χ0n) is 14.4. The van der Waals surface area contributed by atoms with E-state index in [1.54, 1.807) is 12.4 Å². The van der Waals surface area contributed by atoms with Gasteiger partial charge in [-0.05, 0) is 23.8 Å². The number of nitrogens with zero attached hydrogens (tertiary/aromatic N) is 3. The Kier molecular flexibility index (Phi) is 4.95. The van der Waals surface area contributed by atoms with Gasteiger partial charge in [0.25, 0.3) is 0 Å². The molecule has 25 heavy (non-hydrogen) atoms. The van der Waals surface area contributed by atoms with Crippen molar-refractivity contribution >= 4 is 23.4 Å². The van der Waals surface area contributed by atoms with Crippen LogP contribution in [-0.2, 0) is 4.79 Å². The summed E-state index contributed by atoms with van der Waals surface area (Å²) in [4.78, 5) is 21.9. The molecule has 1 aliphatic heterocycles. The van der Waals surface area contributed by atoms with Crippen molar-refractivity contribution in [3.63, 3.8) is 0 Å². The molecule has 2 heterocycles. The molecule has 3 rings (SSSR count). The topological polar surface area (TPSA) is 96.2 Å². The number of hydrogen-bond acceptors (Lipinski definition) is 6. The minimum absolute atomic E-state index is 0.225. The maximum atomic E-state index is 11.0. The van der Waals surface area contributed by atoms with E-state index in [-0.39, 0.29) is 18.5 Å². The summed E-state index contributed by atoms with van der Waals surface area (Å²) in [5.41, 5.74) is 9.98. The van der Waals surface area contributed by atoms with Crippen molar-refractivity contribution in [2.24, 2.45) is 5.73 Å². The Morgan fingerprint density at radius 3 is 2.64 bits per heavy atom. The average molecular weight is 338 g/mol. The predicted molar refractivity (Wildman–Crippen MR) is 98.4 cm³/mol. The van der Waals surface area contributed by atoms with Crippen molar-refractivity contribution in [1.82, 2.24) is 20.6 Å². The Balaban J connectivity index is 1.85. The predicted octanol–water partition coefficient (Wildman–Crippen LogP) is 1.11. The van der Waals surface area contributed by atoms with E-state index < -0.39 is 0 Å². The van der Waals surface area contributed by atoms with Gasteiger partial charge in [0.15, 0.2) is 0 Å². The zero-order valence-corrected chi connectivity index (χ0v) is 14.4. The third kappa shape index (κ3) is 3.95. The van der Waals surface area contributed by atoms with Gasteiger partial charge < -0.3 is 16.0 Å². The van der Waals surface area contributed by atoms with Gasteiger partial charge in [-0.2, -0.15) is 0 Å². The van der Waals surface area contributed by atoms with E-state index in [0.717, 1.165) is 28.3 Å². The van der Waals surface area contributed by atoms with Crippen LogP contribution < -0.4 is 21.3 Å². The number of carbonyl (C=O) groups excluding carboxylic acids is 1. The number of benzene rings is 1. The Labute approximate surface area is 147 Å². The Morgan fingerprint density at radius 1 is 1.24 bits per heavy atom. The molecule has 1 atom stereocenters. The van der Waals surface area contributed by atoms with E-state index in [2.05, 4.69) is 49.8 Å². The molecule has 0 spiro atoms. The number of rotatable bonds is 6. The van der Waals surface area contributed by atoms with Gasteiger partial charge in [0.2, 0.25) is 5.91 Å². The molecule has 1 aromatic carbocycles. The van der Waals surface area contributed by atoms with E-state index in [1.165, 1.54) is 0 Å². The lowest BCUT2D eigenvalue weighted by Crippen LogP contribution is -2.38. The smallest absolute Gasteiger partial charge is 0.218 e. The van der Waals surface area contributed by atoms with Crippen molar-refractivity contribution < 1.29 is 4.79 Å². The summed E-state index contributed by atoms with van der Waals surface area (Å²) in [6, 6.07) is 8.27. The molecule has 130 valence electrons. The quantitative estimate of drug-likeness (QED) is 0.730. The van der Waals surface area contributed by atoms with Gasteiger partial charge in [0, 0.05) is 50.8 Å². The van der Waals surface area contributed by atoms with E-state index in [9.17, 15) is 4.79 Å². The summed E-state index contributed by atoms with van der Waals surface area (Å²) in [5, 5.41) is 6.71. The zero-order chi connectivity index (χ0) is 17.8. The molecule has 0 fully saturated rings. The van der Waals surface area contributed by atoms with E-state index >= 15 is 0 Å². The van der Waals surface area contributed by atoms with Crippen LogP contribution in [0.3, 0.4) is 0 Å². The van der Waals surface area contributed by atoms with Crippen LogP contribution in [0.25, 0.3) is 11.8 Å². The number of primary amides is 1. The van der Waals surface area contributed by atoms with Gasteiger partial charge >= 0.3 is 0 Å². The second-order valence-corrected chi connectivity index (χ2v) is 6.07. The van der Waals surface area contributed by atoms with Crippen LogP contribution in [-0.4, -0.2) is 36.5 Å². The molecule has 0 radical (unpaired) electrons. The summed E-state index contributed by atoms with van der Waals surface area (Å²) in [6.45, 7) is 0.468. The minimum Gasteiger partial charge on any atom is -0.378 e. The fourth-order valence-corrected chi connectivity index (χ4v) is 2.69. The van der Waals surface area contributed by atoms with E-state index in [1.807, 2.05) is 20.2 Å². The van der Waals surface area contributed by atoms with Crippen molar-refractivity contribution in [3.8, 4) is 0 Å². The van der Waals surface area contributed by atoms with Crippen LogP contribution in [0.15, 0.2) is 36.7 Å². The first-order valence-corrected chi connectivity index (χ1v) is 8.13. The first-order chi connectivity index (χ1) is 12.0. The molecule has 1 unspecified atom stereocenters. The molecule has 1 aromatic heterocycles. The fraction of sp³-hybridized carbons (Fsp3) is 0.278. The molecule has 0 bridgehead atoms. The second-order valence-electron chi connectivity index (χ2n) is 6.07. The normalized spacial score (nSPS) is 15.8. The van der Waals surface area contributed by atoms with Crippen molar-refractivity contribution in [2.75, 3.05) is 25.5 Å². The molecule has 4 N–H and O–H groups in total. The van der Waals surface area contributed by atoms with Crippen LogP contribution >= 0.6 is 0 Å². The number of anilines is 1. The summed E-state index contributed by atoms with van der Waals surface area (Å²) >= 11 is 0. The summed E-state index contributed by atoms with van der Waals surface area (Å²) < 4.78 is 0. The molecule has 1 amide bonds. The van der Waals surface area contributed by atoms with E-state index in [4.69, 9.17) is 5.73 Å². The maximum Gasteiger partial charge on any atom is 0.218 e. The SMILES string of the molecule is CN(C)c1ccc(C2=Cc3nccnc3C(NCCC(N)=O)N2)cc1. The van der Waals surface area contributed by atoms with Crippen LogP contribution in [0.4, 0.5) is 5.69 Å². The molecule has 0 saturated carbocycles. The number of aromatic nitrogens is 2. The lowest BCUT2D eigenvalue weighted by molar-refractivity contribution is -0.117. The largest absolute Gasteiger partial charge is 0.378 e. The third-order valence-electron chi connectivity index (χ3n) is 4.03. The number of nitrogens with one attached hydrogen (secondary N) is 2. The lowest BCUT2D eigenvalue weighted by atomic mass is 10.0. The van der Waals surface area contributed by atoms with Crippen molar-refractivity contribution in [3.05, 3.63) is 53.6 Å². The number of hydrogen-bond donors (Lipinski definition) is 3. The summed E-state index contributed by atoms with van der Waals surface area (Å²) in [5.74, 6) is -0.335. The third-order valence-corrected chi connectivity index (χ3v) is 4.03. The number of nitrogens with two attached hydrogens (primary N) is 1. The number of fused-ring (bicyclic) bond motifs is 1. The molecular weight excluding hydrogens is 316 g/mol. The first kappa shape index (κ1) is 16.9. The van der Waals surface area contributed by atoms with Crippen molar-refractivity contribution in [1.29, 1.82) is 0 Å². The van der Waals surface area contributed by atoms with Crippen molar-refractivity contribution in [2.45, 2.75) is 12.6 Å². The monoisotopic (exact) mass is 338 g/mol. The highest BCUT2D eigenvalue weighted by atomic mass is 16.1. The molecule has 1 aliphatic rings. The highest BCUT2D eigenvalue weighted by Crippen LogP contribution is 2.27. The maximum absolute atomic E-state index is 11.0. The van der Waals surface area contributed by atoms with Crippen LogP contribution in [0.5, 0.6) is 0 Å². The Bertz CT molecular complexity index is 784. The van der Waals surface area contributed by atoms with Crippen LogP contribution in [0.2, 0.25) is 0 Å². The van der Waals surface area contributed by atoms with Gasteiger partial charge in [-0.3, -0.25) is 20.1 Å². The standard InChI is InChI=1S/C18H22N6O/c1-24(2)13-5-3-12(4-6-13)14-11-15-17(21-10-9-20-15)18(23-14)22-8-7-16(19)25/h3-6,9-11,18,22-23H,7-8H2,1-2H3,(H2,19,25). The Hall–Kier alpha value is -2.93. The van der Waals surface area contributed by atoms with Gasteiger partial charge in [-0.15, -0.1) is 0 Å². The van der Waals surface area contributed by atoms with Crippen LogP contribution in [0.1, 0.15) is 29.5 Å². The molecule has 0 aliphatic carbocycles. The molecule has 0 saturated heterocycles. The number of amides is 1. The summed E-state index contributed by atoms with van der Waals surface area (Å²) in [7, 11) is 4.02. The molecule has 2 aromatic rings. The van der Waals surface area contributed by atoms with Gasteiger partial charge in [-0.25, -0.2) is 0 Å². The molecular formula is C18H22N6O. The first-order valence-electron chi connectivity index (χ1n) is 8.13. The summed E-state index contributed by atoms with van der Waals surface area (Å²) in [6.07, 6.45) is 5.36. The molecule has 7 nitrogen and oxygen atoms in total. The minimum atomic E-state index is -0.335. The van der Waals surface area contributed by atoms with Gasteiger partial charge in [0.05, 0.1) is 5.69 Å². The van der Waals surface area contributed by atoms with Gasteiger partial charge in [0.1, 0.15) is 11.9 Å². The average Bonchev–Trinajstić information content (AvgIpc) is 2.61. The second kappa shape index (κ2) is 7.31. The number of carbonyl (C=O) groups is 1. The van der Waals surface area contributed by atoms with Crippen LogP contribution in [0, 0.1) is 0 Å². The molecule has 7 heteroatoms.